The summed E-state index contributed by atoms with van der Waals surface area (Å²) in [5, 5.41) is 3.23. The molecule has 0 spiro atoms. The number of hydrogen-bond donors (Lipinski definition) is 1. The molecule has 4 heteroatoms. The molecular weight excluding hydrogens is 204 g/mol. The number of carbonyl (C=O) groups is 1. The first-order valence-corrected chi connectivity index (χ1v) is 6.28. The van der Waals surface area contributed by atoms with Crippen LogP contribution in [-0.4, -0.2) is 50.7 Å². The molecule has 1 aliphatic carbocycles. The normalized spacial score (nSPS) is 24.7. The Bertz CT molecular complexity index is 235. The van der Waals surface area contributed by atoms with E-state index in [-0.39, 0.29) is 5.91 Å². The number of carbonyl (C=O) groups excluding carboxylic acids is 1. The van der Waals surface area contributed by atoms with E-state index in [0.717, 1.165) is 38.6 Å². The summed E-state index contributed by atoms with van der Waals surface area (Å²) in [7, 11) is 1.89. The summed E-state index contributed by atoms with van der Waals surface area (Å²) < 4.78 is 5.30. The van der Waals surface area contributed by atoms with Gasteiger partial charge in [0.2, 0.25) is 5.91 Å². The van der Waals surface area contributed by atoms with E-state index in [9.17, 15) is 4.79 Å². The molecule has 0 bridgehead atoms. The Kier molecular flexibility index (Phi) is 4.18. The second-order valence-corrected chi connectivity index (χ2v) is 5.08. The zero-order valence-corrected chi connectivity index (χ0v) is 10.1. The minimum absolute atomic E-state index is 0.201. The predicted octanol–water partition coefficient (Wildman–Crippen LogP) is 0.481. The van der Waals surface area contributed by atoms with Crippen molar-refractivity contribution in [2.45, 2.75) is 19.3 Å². The summed E-state index contributed by atoms with van der Waals surface area (Å²) in [6.07, 6.45) is 3.75. The molecule has 1 aliphatic heterocycles. The van der Waals surface area contributed by atoms with Crippen LogP contribution in [0.5, 0.6) is 0 Å². The van der Waals surface area contributed by atoms with E-state index < -0.39 is 0 Å². The van der Waals surface area contributed by atoms with Crippen molar-refractivity contribution in [3.05, 3.63) is 0 Å². The van der Waals surface area contributed by atoms with Crippen LogP contribution in [0.2, 0.25) is 0 Å². The van der Waals surface area contributed by atoms with Crippen molar-refractivity contribution in [1.29, 1.82) is 0 Å². The standard InChI is InChI=1S/C12H22N2O2/c1-14(8-11-4-5-16-9-11)12(15)7-13-6-10-2-3-10/h10-11,13H,2-9H2,1H3. The van der Waals surface area contributed by atoms with Gasteiger partial charge < -0.3 is 15.0 Å². The molecule has 16 heavy (non-hydrogen) atoms. The van der Waals surface area contributed by atoms with Crippen LogP contribution in [-0.2, 0) is 9.53 Å². The van der Waals surface area contributed by atoms with Crippen LogP contribution in [0.25, 0.3) is 0 Å². The van der Waals surface area contributed by atoms with Crippen LogP contribution in [0.3, 0.4) is 0 Å². The van der Waals surface area contributed by atoms with Crippen molar-refractivity contribution >= 4 is 5.91 Å². The van der Waals surface area contributed by atoms with Crippen LogP contribution in [0, 0.1) is 11.8 Å². The lowest BCUT2D eigenvalue weighted by atomic mass is 10.1. The molecule has 2 rings (SSSR count). The summed E-state index contributed by atoms with van der Waals surface area (Å²) in [5.74, 6) is 1.58. The van der Waals surface area contributed by atoms with Crippen molar-refractivity contribution in [2.75, 3.05) is 39.9 Å². The van der Waals surface area contributed by atoms with Gasteiger partial charge in [0, 0.05) is 26.1 Å². The van der Waals surface area contributed by atoms with Crippen molar-refractivity contribution in [2.24, 2.45) is 11.8 Å². The summed E-state index contributed by atoms with van der Waals surface area (Å²) in [5.41, 5.74) is 0. The third-order valence-electron chi connectivity index (χ3n) is 3.39. The number of amides is 1. The molecular formula is C12H22N2O2. The molecule has 0 aromatic carbocycles. The Morgan fingerprint density at radius 3 is 2.81 bits per heavy atom. The minimum atomic E-state index is 0.201. The van der Waals surface area contributed by atoms with Crippen molar-refractivity contribution in [3.63, 3.8) is 0 Å². The van der Waals surface area contributed by atoms with Gasteiger partial charge in [0.15, 0.2) is 0 Å². The first-order valence-electron chi connectivity index (χ1n) is 6.28. The molecule has 1 N–H and O–H groups in total. The third-order valence-corrected chi connectivity index (χ3v) is 3.39. The lowest BCUT2D eigenvalue weighted by Crippen LogP contribution is -2.38. The summed E-state index contributed by atoms with van der Waals surface area (Å²) in [6.45, 7) is 4.00. The van der Waals surface area contributed by atoms with E-state index in [1.165, 1.54) is 12.8 Å². The van der Waals surface area contributed by atoms with E-state index in [0.29, 0.717) is 12.5 Å². The lowest BCUT2D eigenvalue weighted by Gasteiger charge is -2.20. The molecule has 1 heterocycles. The van der Waals surface area contributed by atoms with Gasteiger partial charge in [-0.3, -0.25) is 4.79 Å². The fraction of sp³-hybridized carbons (Fsp3) is 0.917. The fourth-order valence-corrected chi connectivity index (χ4v) is 2.06. The number of ether oxygens (including phenoxy) is 1. The van der Waals surface area contributed by atoms with E-state index >= 15 is 0 Å². The van der Waals surface area contributed by atoms with Gasteiger partial charge in [0.05, 0.1) is 13.2 Å². The first-order chi connectivity index (χ1) is 7.75. The number of nitrogens with one attached hydrogen (secondary N) is 1. The highest BCUT2D eigenvalue weighted by molar-refractivity contribution is 5.77. The molecule has 2 fully saturated rings. The molecule has 1 atom stereocenters. The molecule has 0 radical (unpaired) electrons. The van der Waals surface area contributed by atoms with Gasteiger partial charge in [-0.1, -0.05) is 0 Å². The van der Waals surface area contributed by atoms with Gasteiger partial charge in [-0.05, 0) is 31.7 Å². The molecule has 1 saturated heterocycles. The van der Waals surface area contributed by atoms with E-state index in [4.69, 9.17) is 4.74 Å². The van der Waals surface area contributed by atoms with Gasteiger partial charge in [-0.25, -0.2) is 0 Å². The van der Waals surface area contributed by atoms with Crippen LogP contribution in [0.1, 0.15) is 19.3 Å². The monoisotopic (exact) mass is 226 g/mol. The lowest BCUT2D eigenvalue weighted by molar-refractivity contribution is -0.129. The first kappa shape index (κ1) is 11.9. The van der Waals surface area contributed by atoms with Gasteiger partial charge in [-0.2, -0.15) is 0 Å². The van der Waals surface area contributed by atoms with E-state index in [1.807, 2.05) is 11.9 Å². The Balaban J connectivity index is 1.58. The molecule has 2 aliphatic rings. The Labute approximate surface area is 97.3 Å². The van der Waals surface area contributed by atoms with Crippen molar-refractivity contribution < 1.29 is 9.53 Å². The second-order valence-electron chi connectivity index (χ2n) is 5.08. The Morgan fingerprint density at radius 2 is 2.19 bits per heavy atom. The highest BCUT2D eigenvalue weighted by Crippen LogP contribution is 2.27. The van der Waals surface area contributed by atoms with Gasteiger partial charge in [0.25, 0.3) is 0 Å². The maximum atomic E-state index is 11.8. The molecule has 1 amide bonds. The van der Waals surface area contributed by atoms with Crippen molar-refractivity contribution in [3.8, 4) is 0 Å². The minimum Gasteiger partial charge on any atom is -0.381 e. The molecule has 0 aromatic rings. The topological polar surface area (TPSA) is 41.6 Å². The SMILES string of the molecule is CN(CC1CCOC1)C(=O)CNCC1CC1. The third kappa shape index (κ3) is 3.76. The molecule has 1 saturated carbocycles. The van der Waals surface area contributed by atoms with Gasteiger partial charge >= 0.3 is 0 Å². The fourth-order valence-electron chi connectivity index (χ4n) is 2.06. The summed E-state index contributed by atoms with van der Waals surface area (Å²) in [4.78, 5) is 13.6. The number of likely N-dealkylation sites (N-methyl/N-ethyl adjacent to an activating group) is 1. The van der Waals surface area contributed by atoms with Gasteiger partial charge in [0.1, 0.15) is 0 Å². The summed E-state index contributed by atoms with van der Waals surface area (Å²) >= 11 is 0. The largest absolute Gasteiger partial charge is 0.381 e. The molecule has 0 aromatic heterocycles. The smallest absolute Gasteiger partial charge is 0.236 e. The molecule has 4 nitrogen and oxygen atoms in total. The van der Waals surface area contributed by atoms with Gasteiger partial charge in [-0.15, -0.1) is 0 Å². The van der Waals surface area contributed by atoms with E-state index in [2.05, 4.69) is 5.32 Å². The zero-order chi connectivity index (χ0) is 11.4. The van der Waals surface area contributed by atoms with Crippen LogP contribution in [0.4, 0.5) is 0 Å². The number of rotatable bonds is 6. The predicted molar refractivity (Wildman–Crippen MR) is 62.2 cm³/mol. The second kappa shape index (κ2) is 5.64. The van der Waals surface area contributed by atoms with E-state index in [1.54, 1.807) is 0 Å². The maximum Gasteiger partial charge on any atom is 0.236 e. The van der Waals surface area contributed by atoms with Crippen LogP contribution < -0.4 is 5.32 Å². The van der Waals surface area contributed by atoms with Crippen LogP contribution >= 0.6 is 0 Å². The highest BCUT2D eigenvalue weighted by Gasteiger charge is 2.22. The number of nitrogens with zero attached hydrogens (tertiary/aromatic N) is 1. The summed E-state index contributed by atoms with van der Waals surface area (Å²) in [6, 6.07) is 0. The highest BCUT2D eigenvalue weighted by atomic mass is 16.5. The maximum absolute atomic E-state index is 11.8. The zero-order valence-electron chi connectivity index (χ0n) is 10.1. The molecule has 1 unspecified atom stereocenters. The molecule has 92 valence electrons. The Hall–Kier alpha value is -0.610. The van der Waals surface area contributed by atoms with Crippen molar-refractivity contribution in [1.82, 2.24) is 10.2 Å². The quantitative estimate of drug-likeness (QED) is 0.716. The average Bonchev–Trinajstić information content (AvgIpc) is 2.95. The van der Waals surface area contributed by atoms with Crippen LogP contribution in [0.15, 0.2) is 0 Å². The number of hydrogen-bond acceptors (Lipinski definition) is 3. The average molecular weight is 226 g/mol. The Morgan fingerprint density at radius 1 is 1.38 bits per heavy atom.